The summed E-state index contributed by atoms with van der Waals surface area (Å²) in [7, 11) is 1.47. The largest absolute Gasteiger partial charge is 0.494 e. The molecule has 1 aromatic rings. The Hall–Kier alpha value is -1.13. The lowest BCUT2D eigenvalue weighted by molar-refractivity contribution is 0.144. The highest BCUT2D eigenvalue weighted by atomic mass is 19.1. The summed E-state index contributed by atoms with van der Waals surface area (Å²) in [5, 5.41) is 3.34. The first kappa shape index (κ1) is 14.9. The Bertz CT molecular complexity index is 358. The van der Waals surface area contributed by atoms with Gasteiger partial charge >= 0.3 is 0 Å². The fraction of sp³-hybridized carbons (Fsp3) is 0.571. The molecular weight excluding hydrogens is 233 g/mol. The molecule has 18 heavy (non-hydrogen) atoms. The monoisotopic (exact) mass is 255 g/mol. The highest BCUT2D eigenvalue weighted by Crippen LogP contribution is 2.21. The summed E-state index contributed by atoms with van der Waals surface area (Å²) in [5.74, 6) is -0.0414. The van der Waals surface area contributed by atoms with Crippen molar-refractivity contribution in [2.45, 2.75) is 26.3 Å². The molecule has 0 aliphatic rings. The van der Waals surface area contributed by atoms with Crippen molar-refractivity contribution in [3.8, 4) is 5.75 Å². The van der Waals surface area contributed by atoms with E-state index in [2.05, 4.69) is 5.32 Å². The summed E-state index contributed by atoms with van der Waals surface area (Å²) in [6.07, 6.45) is 0.955. The van der Waals surface area contributed by atoms with E-state index in [-0.39, 0.29) is 17.6 Å². The molecular formula is C14H22FNO2. The summed E-state index contributed by atoms with van der Waals surface area (Å²) >= 11 is 0. The Morgan fingerprint density at radius 3 is 2.78 bits per heavy atom. The van der Waals surface area contributed by atoms with Crippen molar-refractivity contribution in [2.24, 2.45) is 0 Å². The van der Waals surface area contributed by atoms with Gasteiger partial charge in [-0.15, -0.1) is 0 Å². The van der Waals surface area contributed by atoms with E-state index >= 15 is 0 Å². The minimum absolute atomic E-state index is 0.118. The quantitative estimate of drug-likeness (QED) is 0.724. The molecule has 0 aliphatic heterocycles. The van der Waals surface area contributed by atoms with Crippen LogP contribution in [0.2, 0.25) is 0 Å². The molecule has 0 aliphatic carbocycles. The summed E-state index contributed by atoms with van der Waals surface area (Å²) in [4.78, 5) is 0. The van der Waals surface area contributed by atoms with Gasteiger partial charge in [-0.05, 0) is 44.5 Å². The number of nitrogens with one attached hydrogen (secondary N) is 1. The standard InChI is InChI=1S/C14H22FNO2/c1-4-18-9-5-8-16-11(2)12-6-7-14(17-3)13(15)10-12/h6-7,10-11,16H,4-5,8-9H2,1-3H3. The highest BCUT2D eigenvalue weighted by Gasteiger charge is 2.08. The maximum atomic E-state index is 13.5. The summed E-state index contributed by atoms with van der Waals surface area (Å²) in [5.41, 5.74) is 0.921. The maximum Gasteiger partial charge on any atom is 0.165 e. The van der Waals surface area contributed by atoms with E-state index in [9.17, 15) is 4.39 Å². The lowest BCUT2D eigenvalue weighted by atomic mass is 10.1. The molecule has 0 aromatic heterocycles. The molecule has 1 unspecified atom stereocenters. The van der Waals surface area contributed by atoms with Crippen LogP contribution in [0.4, 0.5) is 4.39 Å². The number of ether oxygens (including phenoxy) is 2. The van der Waals surface area contributed by atoms with Crippen molar-refractivity contribution in [2.75, 3.05) is 26.9 Å². The molecule has 1 atom stereocenters. The zero-order chi connectivity index (χ0) is 13.4. The van der Waals surface area contributed by atoms with Gasteiger partial charge < -0.3 is 14.8 Å². The van der Waals surface area contributed by atoms with Crippen molar-refractivity contribution >= 4 is 0 Å². The van der Waals surface area contributed by atoms with Crippen LogP contribution in [0.25, 0.3) is 0 Å². The van der Waals surface area contributed by atoms with Crippen LogP contribution in [0.5, 0.6) is 5.75 Å². The minimum Gasteiger partial charge on any atom is -0.494 e. The molecule has 0 amide bonds. The molecule has 0 fully saturated rings. The number of benzene rings is 1. The van der Waals surface area contributed by atoms with Crippen LogP contribution in [0.15, 0.2) is 18.2 Å². The first-order valence-electron chi connectivity index (χ1n) is 6.33. The van der Waals surface area contributed by atoms with Crippen LogP contribution >= 0.6 is 0 Å². The molecule has 3 nitrogen and oxygen atoms in total. The van der Waals surface area contributed by atoms with Crippen LogP contribution < -0.4 is 10.1 Å². The number of hydrogen-bond acceptors (Lipinski definition) is 3. The van der Waals surface area contributed by atoms with Crippen LogP contribution in [-0.2, 0) is 4.74 Å². The molecule has 0 bridgehead atoms. The van der Waals surface area contributed by atoms with E-state index in [1.165, 1.54) is 13.2 Å². The Morgan fingerprint density at radius 2 is 2.17 bits per heavy atom. The summed E-state index contributed by atoms with van der Waals surface area (Å²) in [6, 6.07) is 5.16. The normalized spacial score (nSPS) is 12.4. The molecule has 0 heterocycles. The summed E-state index contributed by atoms with van der Waals surface area (Å²) in [6.45, 7) is 6.36. The van der Waals surface area contributed by atoms with Crippen LogP contribution in [0.1, 0.15) is 31.9 Å². The zero-order valence-corrected chi connectivity index (χ0v) is 11.3. The first-order valence-corrected chi connectivity index (χ1v) is 6.33. The number of methoxy groups -OCH3 is 1. The van der Waals surface area contributed by atoms with Gasteiger partial charge in [0.25, 0.3) is 0 Å². The second-order valence-electron chi connectivity index (χ2n) is 4.12. The van der Waals surface area contributed by atoms with Crippen molar-refractivity contribution in [1.82, 2.24) is 5.32 Å². The molecule has 4 heteroatoms. The van der Waals surface area contributed by atoms with Crippen LogP contribution in [-0.4, -0.2) is 26.9 Å². The van der Waals surface area contributed by atoms with Gasteiger partial charge in [0, 0.05) is 19.3 Å². The molecule has 0 saturated heterocycles. The second kappa shape index (κ2) is 8.06. The Labute approximate surface area is 108 Å². The smallest absolute Gasteiger partial charge is 0.165 e. The van der Waals surface area contributed by atoms with E-state index < -0.39 is 0 Å². The van der Waals surface area contributed by atoms with Crippen LogP contribution in [0.3, 0.4) is 0 Å². The number of hydrogen-bond donors (Lipinski definition) is 1. The molecule has 1 rings (SSSR count). The first-order chi connectivity index (χ1) is 8.69. The minimum atomic E-state index is -0.321. The molecule has 1 aromatic carbocycles. The van der Waals surface area contributed by atoms with E-state index in [1.807, 2.05) is 19.9 Å². The van der Waals surface area contributed by atoms with Gasteiger partial charge in [-0.25, -0.2) is 4.39 Å². The van der Waals surface area contributed by atoms with Gasteiger partial charge in [0.05, 0.1) is 7.11 Å². The van der Waals surface area contributed by atoms with Gasteiger partial charge in [0.1, 0.15) is 0 Å². The Morgan fingerprint density at radius 1 is 1.39 bits per heavy atom. The average molecular weight is 255 g/mol. The van der Waals surface area contributed by atoms with Gasteiger partial charge in [-0.3, -0.25) is 0 Å². The Balaban J connectivity index is 2.41. The van der Waals surface area contributed by atoms with Gasteiger partial charge in [0.15, 0.2) is 11.6 Å². The Kier molecular flexibility index (Phi) is 6.68. The summed E-state index contributed by atoms with van der Waals surface area (Å²) < 4.78 is 23.7. The topological polar surface area (TPSA) is 30.5 Å². The second-order valence-corrected chi connectivity index (χ2v) is 4.12. The average Bonchev–Trinajstić information content (AvgIpc) is 2.38. The van der Waals surface area contributed by atoms with E-state index in [1.54, 1.807) is 6.07 Å². The van der Waals surface area contributed by atoms with E-state index in [0.29, 0.717) is 0 Å². The molecule has 102 valence electrons. The lowest BCUT2D eigenvalue weighted by Gasteiger charge is -2.15. The molecule has 0 saturated carbocycles. The van der Waals surface area contributed by atoms with E-state index in [0.717, 1.165) is 31.7 Å². The third-order valence-electron chi connectivity index (χ3n) is 2.80. The van der Waals surface area contributed by atoms with Gasteiger partial charge in [-0.1, -0.05) is 6.07 Å². The number of rotatable bonds is 8. The zero-order valence-electron chi connectivity index (χ0n) is 11.3. The predicted octanol–water partition coefficient (Wildman–Crippen LogP) is 2.91. The molecule has 0 spiro atoms. The fourth-order valence-electron chi connectivity index (χ4n) is 1.71. The van der Waals surface area contributed by atoms with Crippen LogP contribution in [0, 0.1) is 5.82 Å². The fourth-order valence-corrected chi connectivity index (χ4v) is 1.71. The van der Waals surface area contributed by atoms with Gasteiger partial charge in [0.2, 0.25) is 0 Å². The van der Waals surface area contributed by atoms with Crippen molar-refractivity contribution in [3.63, 3.8) is 0 Å². The van der Waals surface area contributed by atoms with E-state index in [4.69, 9.17) is 9.47 Å². The maximum absolute atomic E-state index is 13.5. The number of halogens is 1. The SMILES string of the molecule is CCOCCCNC(C)c1ccc(OC)c(F)c1. The van der Waals surface area contributed by atoms with Crippen molar-refractivity contribution in [1.29, 1.82) is 0 Å². The lowest BCUT2D eigenvalue weighted by Crippen LogP contribution is -2.21. The molecule has 1 N–H and O–H groups in total. The third-order valence-corrected chi connectivity index (χ3v) is 2.80. The molecule has 0 radical (unpaired) electrons. The highest BCUT2D eigenvalue weighted by molar-refractivity contribution is 5.30. The van der Waals surface area contributed by atoms with Gasteiger partial charge in [-0.2, -0.15) is 0 Å². The van der Waals surface area contributed by atoms with Crippen molar-refractivity contribution < 1.29 is 13.9 Å². The van der Waals surface area contributed by atoms with Crippen molar-refractivity contribution in [3.05, 3.63) is 29.6 Å². The predicted molar refractivity (Wildman–Crippen MR) is 70.5 cm³/mol. The third kappa shape index (κ3) is 4.63.